The molecule has 0 aromatic heterocycles. The lowest BCUT2D eigenvalue weighted by Gasteiger charge is -2.43. The van der Waals surface area contributed by atoms with Crippen LogP contribution in [0.15, 0.2) is 18.2 Å². The highest BCUT2D eigenvalue weighted by atomic mass is 16.7. The third-order valence-corrected chi connectivity index (χ3v) is 9.46. The van der Waals surface area contributed by atoms with Gasteiger partial charge in [0.2, 0.25) is 11.7 Å². The minimum atomic E-state index is -2.06. The van der Waals surface area contributed by atoms with Crippen LogP contribution in [0, 0.1) is 0 Å². The van der Waals surface area contributed by atoms with Gasteiger partial charge >= 0.3 is 0 Å². The first kappa shape index (κ1) is 31.1. The third kappa shape index (κ3) is 5.08. The van der Waals surface area contributed by atoms with Crippen molar-refractivity contribution in [3.8, 4) is 17.2 Å². The molecule has 0 bridgehead atoms. The number of phenols is 2. The summed E-state index contributed by atoms with van der Waals surface area (Å²) in [6, 6.07) is 3.27. The number of carbonyl (C=O) groups excluding carboxylic acids is 4. The van der Waals surface area contributed by atoms with Crippen LogP contribution in [0.1, 0.15) is 88.6 Å². The molecule has 45 heavy (non-hydrogen) atoms. The Kier molecular flexibility index (Phi) is 7.94. The standard InChI is InChI=1S/C32H36N2O11/c1-13-26(36)18(34-31(41)17-7-5-9-33-17)10-21(44-13)45-20-12-32(42,14(2)35)11-16-23(20)30(40)25-24(28(16)38)27(37)15-6-4-8-19(43-3)22(15)29(25)39/h4,6,8,13,17-18,20-21,26,33,36,38,40,42H,5,7,9-12H2,1-3H3,(H,34,41)/t13?,17-,18?,20+,21?,26?,32+/m1/s1. The van der Waals surface area contributed by atoms with Crippen LogP contribution in [0.4, 0.5) is 0 Å². The number of amides is 1. The van der Waals surface area contributed by atoms with E-state index in [2.05, 4.69) is 10.6 Å². The highest BCUT2D eigenvalue weighted by Crippen LogP contribution is 2.52. The number of phenolic OH excluding ortho intramolecular Hbond substituents is 2. The summed E-state index contributed by atoms with van der Waals surface area (Å²) in [7, 11) is 1.33. The van der Waals surface area contributed by atoms with Gasteiger partial charge in [0.15, 0.2) is 17.9 Å². The Bertz CT molecular complexity index is 1600. The number of ketones is 3. The first-order valence-corrected chi connectivity index (χ1v) is 15.0. The molecule has 6 rings (SSSR count). The zero-order valence-corrected chi connectivity index (χ0v) is 25.1. The van der Waals surface area contributed by atoms with Gasteiger partial charge in [0, 0.05) is 36.0 Å². The maximum absolute atomic E-state index is 13.8. The minimum absolute atomic E-state index is 0.0199. The molecular weight excluding hydrogens is 588 g/mol. The average molecular weight is 625 g/mol. The third-order valence-electron chi connectivity index (χ3n) is 9.46. The van der Waals surface area contributed by atoms with Crippen LogP contribution in [-0.4, -0.2) is 93.5 Å². The molecule has 0 saturated carbocycles. The van der Waals surface area contributed by atoms with E-state index in [9.17, 15) is 39.6 Å². The van der Waals surface area contributed by atoms with E-state index in [0.717, 1.165) is 6.42 Å². The number of hydrogen-bond acceptors (Lipinski definition) is 12. The Morgan fingerprint density at radius 1 is 1.11 bits per heavy atom. The molecule has 2 aromatic rings. The van der Waals surface area contributed by atoms with Crippen molar-refractivity contribution < 1.29 is 53.8 Å². The van der Waals surface area contributed by atoms with E-state index >= 15 is 0 Å². The fraction of sp³-hybridized carbons (Fsp3) is 0.500. The van der Waals surface area contributed by atoms with E-state index < -0.39 is 82.6 Å². The van der Waals surface area contributed by atoms with Crippen molar-refractivity contribution in [3.63, 3.8) is 0 Å². The number of fused-ring (bicyclic) bond motifs is 3. The summed E-state index contributed by atoms with van der Waals surface area (Å²) in [6.45, 7) is 3.48. The van der Waals surface area contributed by atoms with Gasteiger partial charge in [-0.05, 0) is 39.3 Å². The zero-order chi connectivity index (χ0) is 32.4. The molecule has 7 atom stereocenters. The molecule has 240 valence electrons. The molecule has 0 radical (unpaired) electrons. The van der Waals surface area contributed by atoms with E-state index in [-0.39, 0.29) is 52.8 Å². The van der Waals surface area contributed by atoms with Gasteiger partial charge in [-0.2, -0.15) is 0 Å². The Morgan fingerprint density at radius 3 is 2.51 bits per heavy atom. The summed E-state index contributed by atoms with van der Waals surface area (Å²) >= 11 is 0. The summed E-state index contributed by atoms with van der Waals surface area (Å²) in [6.07, 6.45) is -3.60. The van der Waals surface area contributed by atoms with Crippen LogP contribution in [0.3, 0.4) is 0 Å². The summed E-state index contributed by atoms with van der Waals surface area (Å²) in [4.78, 5) is 53.0. The Balaban J connectivity index is 1.40. The van der Waals surface area contributed by atoms with Crippen LogP contribution < -0.4 is 15.4 Å². The van der Waals surface area contributed by atoms with Crippen molar-refractivity contribution in [1.29, 1.82) is 0 Å². The number of Topliss-reactive ketones (excluding diaryl/α,β-unsaturated/α-hetero) is 1. The van der Waals surface area contributed by atoms with Gasteiger partial charge in [-0.3, -0.25) is 19.2 Å². The molecule has 13 heteroatoms. The molecule has 6 N–H and O–H groups in total. The second-order valence-corrected chi connectivity index (χ2v) is 12.2. The fourth-order valence-electron chi connectivity index (χ4n) is 6.96. The van der Waals surface area contributed by atoms with E-state index in [4.69, 9.17) is 14.2 Å². The highest BCUT2D eigenvalue weighted by Gasteiger charge is 2.49. The average Bonchev–Trinajstić information content (AvgIpc) is 3.55. The fourth-order valence-corrected chi connectivity index (χ4v) is 6.96. The lowest BCUT2D eigenvalue weighted by atomic mass is 9.72. The molecule has 2 fully saturated rings. The molecule has 2 aromatic carbocycles. The Hall–Kier alpha value is -3.88. The summed E-state index contributed by atoms with van der Waals surface area (Å²) in [5, 5.41) is 51.3. The van der Waals surface area contributed by atoms with Crippen LogP contribution in [-0.2, 0) is 25.5 Å². The predicted octanol–water partition coefficient (Wildman–Crippen LogP) is 0.938. The first-order valence-electron chi connectivity index (χ1n) is 15.0. The van der Waals surface area contributed by atoms with Crippen molar-refractivity contribution in [2.45, 2.75) is 88.2 Å². The predicted molar refractivity (Wildman–Crippen MR) is 155 cm³/mol. The lowest BCUT2D eigenvalue weighted by Crippen LogP contribution is -2.57. The summed E-state index contributed by atoms with van der Waals surface area (Å²) in [5.41, 5.74) is -3.25. The van der Waals surface area contributed by atoms with E-state index in [0.29, 0.717) is 13.0 Å². The van der Waals surface area contributed by atoms with Gasteiger partial charge in [-0.25, -0.2) is 0 Å². The molecule has 4 aliphatic rings. The monoisotopic (exact) mass is 624 g/mol. The second-order valence-electron chi connectivity index (χ2n) is 12.2. The topological polar surface area (TPSA) is 201 Å². The zero-order valence-electron chi connectivity index (χ0n) is 25.1. The van der Waals surface area contributed by atoms with Gasteiger partial charge in [0.1, 0.15) is 29.0 Å². The maximum atomic E-state index is 13.8. The number of carbonyl (C=O) groups is 4. The molecule has 4 unspecified atom stereocenters. The minimum Gasteiger partial charge on any atom is -0.507 e. The summed E-state index contributed by atoms with van der Waals surface area (Å²) in [5.74, 6) is -3.59. The number of benzene rings is 2. The van der Waals surface area contributed by atoms with Crippen molar-refractivity contribution in [3.05, 3.63) is 51.6 Å². The van der Waals surface area contributed by atoms with Crippen LogP contribution >= 0.6 is 0 Å². The van der Waals surface area contributed by atoms with E-state index in [1.165, 1.54) is 32.2 Å². The number of rotatable bonds is 6. The van der Waals surface area contributed by atoms with Crippen LogP contribution in [0.5, 0.6) is 17.2 Å². The highest BCUT2D eigenvalue weighted by molar-refractivity contribution is 6.31. The number of aliphatic hydroxyl groups excluding tert-OH is 1. The van der Waals surface area contributed by atoms with Crippen molar-refractivity contribution in [1.82, 2.24) is 10.6 Å². The Morgan fingerprint density at radius 2 is 1.84 bits per heavy atom. The largest absolute Gasteiger partial charge is 0.507 e. The normalized spacial score (nSPS) is 30.7. The maximum Gasteiger partial charge on any atom is 0.237 e. The Labute approximate surface area is 258 Å². The van der Waals surface area contributed by atoms with E-state index in [1.54, 1.807) is 6.92 Å². The van der Waals surface area contributed by atoms with Crippen molar-refractivity contribution >= 4 is 23.3 Å². The van der Waals surface area contributed by atoms with Crippen LogP contribution in [0.2, 0.25) is 0 Å². The quantitative estimate of drug-likeness (QED) is 0.212. The number of nitrogens with one attached hydrogen (secondary N) is 2. The molecule has 2 aliphatic heterocycles. The van der Waals surface area contributed by atoms with Gasteiger partial charge in [0.05, 0.1) is 48.1 Å². The number of ether oxygens (including phenoxy) is 3. The molecule has 2 aliphatic carbocycles. The summed E-state index contributed by atoms with van der Waals surface area (Å²) < 4.78 is 17.5. The SMILES string of the molecule is COc1cccc2c1C(=O)c1c(O)c3c(c(O)c1C2=O)C[C@@](O)(C(C)=O)C[C@@H]3OC1CC(NC(=O)[C@H]2CCCN2)C(O)C(C)O1. The molecule has 2 heterocycles. The number of methoxy groups -OCH3 is 1. The van der Waals surface area contributed by atoms with Gasteiger partial charge in [-0.1, -0.05) is 12.1 Å². The van der Waals surface area contributed by atoms with Crippen molar-refractivity contribution in [2.75, 3.05) is 13.7 Å². The molecule has 13 nitrogen and oxygen atoms in total. The lowest BCUT2D eigenvalue weighted by molar-refractivity contribution is -0.249. The second kappa shape index (κ2) is 11.5. The molecular formula is C32H36N2O11. The van der Waals surface area contributed by atoms with Crippen LogP contribution in [0.25, 0.3) is 0 Å². The number of hydrogen-bond donors (Lipinski definition) is 6. The van der Waals surface area contributed by atoms with E-state index in [1.807, 2.05) is 0 Å². The molecule has 2 saturated heterocycles. The van der Waals surface area contributed by atoms with Gasteiger partial charge in [-0.15, -0.1) is 0 Å². The van der Waals surface area contributed by atoms with Gasteiger partial charge < -0.3 is 45.3 Å². The van der Waals surface area contributed by atoms with Crippen molar-refractivity contribution in [2.24, 2.45) is 0 Å². The molecule has 0 spiro atoms. The molecule has 1 amide bonds. The number of aromatic hydroxyl groups is 2. The smallest absolute Gasteiger partial charge is 0.237 e. The number of aliphatic hydroxyl groups is 2. The van der Waals surface area contributed by atoms with Gasteiger partial charge in [0.25, 0.3) is 0 Å². The first-order chi connectivity index (χ1) is 21.4.